The number of carbonyl (C=O) groups is 3. The van der Waals surface area contributed by atoms with E-state index >= 15 is 0 Å². The molecule has 150 valence electrons. The summed E-state index contributed by atoms with van der Waals surface area (Å²) in [5.74, 6) is -0.0979. The van der Waals surface area contributed by atoms with Gasteiger partial charge < -0.3 is 9.80 Å². The number of benzene rings is 1. The Morgan fingerprint density at radius 1 is 1.11 bits per heavy atom. The summed E-state index contributed by atoms with van der Waals surface area (Å²) in [5, 5.41) is 0.549. The molecule has 0 bridgehead atoms. The van der Waals surface area contributed by atoms with Crippen molar-refractivity contribution >= 4 is 35.0 Å². The molecule has 2 saturated carbocycles. The van der Waals surface area contributed by atoms with Crippen LogP contribution in [0.3, 0.4) is 0 Å². The van der Waals surface area contributed by atoms with Gasteiger partial charge in [0, 0.05) is 22.7 Å². The number of carbonyl (C=O) groups excluding carboxylic acids is 3. The van der Waals surface area contributed by atoms with E-state index in [1.807, 2.05) is 0 Å². The van der Waals surface area contributed by atoms with Crippen molar-refractivity contribution in [3.8, 4) is 0 Å². The average Bonchev–Trinajstić information content (AvgIpc) is 3.47. The Labute approximate surface area is 170 Å². The molecule has 6 nitrogen and oxygen atoms in total. The zero-order valence-corrected chi connectivity index (χ0v) is 16.7. The molecular weight excluding hydrogens is 378 g/mol. The Morgan fingerprint density at radius 3 is 2.54 bits per heavy atom. The first-order valence-electron chi connectivity index (χ1n) is 10.2. The lowest BCUT2D eigenvalue weighted by atomic mass is 9.88. The first-order valence-corrected chi connectivity index (χ1v) is 10.5. The van der Waals surface area contributed by atoms with E-state index in [0.717, 1.165) is 38.5 Å². The zero-order valence-electron chi connectivity index (χ0n) is 16.0. The molecule has 0 atom stereocenters. The van der Waals surface area contributed by atoms with E-state index in [4.69, 9.17) is 11.6 Å². The summed E-state index contributed by atoms with van der Waals surface area (Å²) in [6, 6.07) is 7.25. The number of anilines is 1. The molecule has 1 aromatic carbocycles. The van der Waals surface area contributed by atoms with Crippen molar-refractivity contribution in [2.75, 3.05) is 24.7 Å². The monoisotopic (exact) mass is 403 g/mol. The first-order chi connectivity index (χ1) is 13.5. The van der Waals surface area contributed by atoms with Gasteiger partial charge >= 0.3 is 0 Å². The van der Waals surface area contributed by atoms with Crippen LogP contribution >= 0.6 is 11.6 Å². The van der Waals surface area contributed by atoms with E-state index in [9.17, 15) is 14.4 Å². The van der Waals surface area contributed by atoms with Gasteiger partial charge in [0.2, 0.25) is 17.7 Å². The van der Waals surface area contributed by atoms with Gasteiger partial charge in [-0.25, -0.2) is 0 Å². The minimum atomic E-state index is -0.158. The molecule has 2 aliphatic carbocycles. The molecule has 4 rings (SSSR count). The Kier molecular flexibility index (Phi) is 5.58. The largest absolute Gasteiger partial charge is 0.330 e. The van der Waals surface area contributed by atoms with Gasteiger partial charge in [0.1, 0.15) is 19.8 Å². The molecule has 1 aromatic rings. The zero-order chi connectivity index (χ0) is 19.7. The summed E-state index contributed by atoms with van der Waals surface area (Å²) in [5.41, 5.74) is 0.685. The maximum atomic E-state index is 13.0. The van der Waals surface area contributed by atoms with Gasteiger partial charge in [-0.15, -0.1) is 0 Å². The molecule has 28 heavy (non-hydrogen) atoms. The summed E-state index contributed by atoms with van der Waals surface area (Å²) < 4.78 is 0. The number of amides is 3. The van der Waals surface area contributed by atoms with Crippen molar-refractivity contribution in [2.24, 2.45) is 5.92 Å². The second-order valence-electron chi connectivity index (χ2n) is 8.07. The summed E-state index contributed by atoms with van der Waals surface area (Å²) in [6.45, 7) is 0.326. The van der Waals surface area contributed by atoms with Crippen molar-refractivity contribution in [3.05, 3.63) is 29.3 Å². The molecule has 0 N–H and O–H groups in total. The molecular formula is C21H26ClN3O3. The number of rotatable bonds is 5. The molecule has 1 saturated heterocycles. The Hall–Kier alpha value is -2.08. The number of nitrogens with zero attached hydrogens (tertiary/aromatic N) is 3. The van der Waals surface area contributed by atoms with Crippen LogP contribution in [0.2, 0.25) is 5.02 Å². The van der Waals surface area contributed by atoms with Crippen LogP contribution in [-0.2, 0) is 14.4 Å². The molecule has 0 aromatic heterocycles. The summed E-state index contributed by atoms with van der Waals surface area (Å²) in [7, 11) is 0. The van der Waals surface area contributed by atoms with Crippen molar-refractivity contribution in [1.29, 1.82) is 0 Å². The standard InChI is InChI=1S/C21H26ClN3O3/c22-16-7-4-8-18(11-16)25-14-23(12-20(25)27)19(26)13-24(17-9-10-17)21(28)15-5-2-1-3-6-15/h4,7-8,11,15,17H,1-3,5-6,9-10,12-14H2. The summed E-state index contributed by atoms with van der Waals surface area (Å²) in [4.78, 5) is 43.2. The molecule has 7 heteroatoms. The SMILES string of the molecule is O=C(CN(C(=O)C1CCCCC1)C1CC1)N1CC(=O)N(c2cccc(Cl)c2)C1. The first kappa shape index (κ1) is 19.2. The third kappa shape index (κ3) is 4.17. The average molecular weight is 404 g/mol. The number of hydrogen-bond acceptors (Lipinski definition) is 3. The van der Waals surface area contributed by atoms with Crippen molar-refractivity contribution in [2.45, 2.75) is 51.0 Å². The predicted molar refractivity (Wildman–Crippen MR) is 107 cm³/mol. The van der Waals surface area contributed by atoms with Crippen LogP contribution in [-0.4, -0.2) is 53.3 Å². The molecule has 1 aliphatic heterocycles. The lowest BCUT2D eigenvalue weighted by molar-refractivity contribution is -0.144. The van der Waals surface area contributed by atoms with Gasteiger partial charge in [0.15, 0.2) is 0 Å². The van der Waals surface area contributed by atoms with Gasteiger partial charge in [-0.1, -0.05) is 36.9 Å². The van der Waals surface area contributed by atoms with Crippen LogP contribution < -0.4 is 4.90 Å². The van der Waals surface area contributed by atoms with Gasteiger partial charge in [0.25, 0.3) is 0 Å². The molecule has 0 spiro atoms. The minimum Gasteiger partial charge on any atom is -0.330 e. The minimum absolute atomic E-state index is 0.0431. The van der Waals surface area contributed by atoms with Crippen LogP contribution in [0, 0.1) is 5.92 Å². The molecule has 3 aliphatic rings. The number of hydrogen-bond donors (Lipinski definition) is 0. The van der Waals surface area contributed by atoms with Crippen LogP contribution in [0.1, 0.15) is 44.9 Å². The molecule has 0 unspecified atom stereocenters. The van der Waals surface area contributed by atoms with Gasteiger partial charge in [-0.2, -0.15) is 0 Å². The number of halogens is 1. The normalized spacial score (nSPS) is 20.5. The lowest BCUT2D eigenvalue weighted by Crippen LogP contribution is -2.46. The third-order valence-electron chi connectivity index (χ3n) is 5.94. The van der Waals surface area contributed by atoms with Crippen LogP contribution in [0.5, 0.6) is 0 Å². The Bertz CT molecular complexity index is 774. The maximum Gasteiger partial charge on any atom is 0.248 e. The topological polar surface area (TPSA) is 60.9 Å². The quantitative estimate of drug-likeness (QED) is 0.759. The van der Waals surface area contributed by atoms with E-state index in [1.54, 1.807) is 34.1 Å². The van der Waals surface area contributed by atoms with Crippen LogP contribution in [0.25, 0.3) is 0 Å². The fourth-order valence-corrected chi connectivity index (χ4v) is 4.37. The second-order valence-corrected chi connectivity index (χ2v) is 8.50. The predicted octanol–water partition coefficient (Wildman–Crippen LogP) is 3.04. The summed E-state index contributed by atoms with van der Waals surface area (Å²) >= 11 is 6.03. The highest BCUT2D eigenvalue weighted by Crippen LogP contribution is 2.32. The van der Waals surface area contributed by atoms with Crippen molar-refractivity contribution in [1.82, 2.24) is 9.80 Å². The van der Waals surface area contributed by atoms with Crippen molar-refractivity contribution < 1.29 is 14.4 Å². The Balaban J connectivity index is 1.41. The maximum absolute atomic E-state index is 13.0. The van der Waals surface area contributed by atoms with Gasteiger partial charge in [0.05, 0.1) is 0 Å². The molecule has 3 amide bonds. The summed E-state index contributed by atoms with van der Waals surface area (Å²) in [6.07, 6.45) is 7.19. The molecule has 1 heterocycles. The van der Waals surface area contributed by atoms with Gasteiger partial charge in [-0.05, 0) is 43.9 Å². The highest BCUT2D eigenvalue weighted by molar-refractivity contribution is 6.31. The van der Waals surface area contributed by atoms with E-state index in [-0.39, 0.29) is 49.4 Å². The fourth-order valence-electron chi connectivity index (χ4n) is 4.19. The van der Waals surface area contributed by atoms with Crippen molar-refractivity contribution in [3.63, 3.8) is 0 Å². The fraction of sp³-hybridized carbons (Fsp3) is 0.571. The van der Waals surface area contributed by atoms with E-state index in [2.05, 4.69) is 0 Å². The molecule has 3 fully saturated rings. The second kappa shape index (κ2) is 8.11. The Morgan fingerprint density at radius 2 is 1.86 bits per heavy atom. The highest BCUT2D eigenvalue weighted by Gasteiger charge is 2.39. The molecule has 0 radical (unpaired) electrons. The van der Waals surface area contributed by atoms with Gasteiger partial charge in [-0.3, -0.25) is 19.3 Å². The van der Waals surface area contributed by atoms with Crippen LogP contribution in [0.15, 0.2) is 24.3 Å². The van der Waals surface area contributed by atoms with Crippen LogP contribution in [0.4, 0.5) is 5.69 Å². The third-order valence-corrected chi connectivity index (χ3v) is 6.18. The van der Waals surface area contributed by atoms with E-state index < -0.39 is 0 Å². The lowest BCUT2D eigenvalue weighted by Gasteiger charge is -2.30. The smallest absolute Gasteiger partial charge is 0.248 e. The highest BCUT2D eigenvalue weighted by atomic mass is 35.5. The van der Waals surface area contributed by atoms with E-state index in [1.165, 1.54) is 11.3 Å². The van der Waals surface area contributed by atoms with E-state index in [0.29, 0.717) is 10.7 Å².